The maximum absolute atomic E-state index is 11.9. The van der Waals surface area contributed by atoms with E-state index in [4.69, 9.17) is 15.6 Å². The summed E-state index contributed by atoms with van der Waals surface area (Å²) in [5, 5.41) is 11.2. The molecule has 1 aliphatic rings. The Morgan fingerprint density at radius 1 is 1.47 bits per heavy atom. The first-order chi connectivity index (χ1) is 8.71. The fourth-order valence-corrected chi connectivity index (χ4v) is 1.83. The minimum absolute atomic E-state index is 0.349. The number of aliphatic carboxylic acids is 1. The van der Waals surface area contributed by atoms with Gasteiger partial charge in [-0.05, 0) is 13.8 Å². The third-order valence-electron chi connectivity index (χ3n) is 2.71. The Morgan fingerprint density at radius 3 is 2.58 bits per heavy atom. The minimum Gasteiger partial charge on any atom is -0.480 e. The van der Waals surface area contributed by atoms with Crippen LogP contribution in [0, 0.1) is 0 Å². The lowest BCUT2D eigenvalue weighted by Crippen LogP contribution is -2.56. The van der Waals surface area contributed by atoms with Crippen LogP contribution in [0.15, 0.2) is 0 Å². The summed E-state index contributed by atoms with van der Waals surface area (Å²) in [6.07, 6.45) is -0.436. The molecule has 8 nitrogen and oxygen atoms in total. The summed E-state index contributed by atoms with van der Waals surface area (Å²) in [6.45, 7) is 4.78. The molecule has 0 aromatic rings. The van der Waals surface area contributed by atoms with Gasteiger partial charge in [0.05, 0.1) is 25.2 Å². The summed E-state index contributed by atoms with van der Waals surface area (Å²) in [4.78, 5) is 35.0. The van der Waals surface area contributed by atoms with E-state index >= 15 is 0 Å². The molecule has 19 heavy (non-hydrogen) atoms. The number of carbonyl (C=O) groups is 3. The van der Waals surface area contributed by atoms with Crippen molar-refractivity contribution in [2.24, 2.45) is 5.73 Å². The van der Waals surface area contributed by atoms with Gasteiger partial charge in [-0.3, -0.25) is 4.79 Å². The van der Waals surface area contributed by atoms with Gasteiger partial charge in [-0.15, -0.1) is 0 Å². The number of ether oxygens (including phenoxy) is 1. The first-order valence-corrected chi connectivity index (χ1v) is 5.92. The molecule has 1 saturated heterocycles. The molecule has 8 heteroatoms. The van der Waals surface area contributed by atoms with Gasteiger partial charge >= 0.3 is 12.0 Å². The lowest BCUT2D eigenvalue weighted by atomic mass is 10.1. The van der Waals surface area contributed by atoms with Gasteiger partial charge in [0, 0.05) is 6.54 Å². The molecule has 1 rings (SSSR count). The molecule has 1 heterocycles. The van der Waals surface area contributed by atoms with Crippen molar-refractivity contribution in [1.82, 2.24) is 10.2 Å². The molecule has 108 valence electrons. The third kappa shape index (κ3) is 4.74. The predicted octanol–water partition coefficient (Wildman–Crippen LogP) is -0.865. The second-order valence-electron chi connectivity index (χ2n) is 5.04. The van der Waals surface area contributed by atoms with E-state index in [1.807, 2.05) is 13.8 Å². The number of urea groups is 1. The number of nitrogens with two attached hydrogens (primary N) is 1. The molecule has 4 N–H and O–H groups in total. The molecule has 0 saturated carbocycles. The number of primary amides is 1. The Balaban J connectivity index is 2.61. The number of nitrogens with zero attached hydrogens (tertiary/aromatic N) is 1. The zero-order valence-corrected chi connectivity index (χ0v) is 11.0. The second kappa shape index (κ2) is 5.87. The number of carboxylic acid groups (broad SMARTS) is 1. The first kappa shape index (κ1) is 15.2. The Morgan fingerprint density at radius 2 is 2.11 bits per heavy atom. The predicted molar refractivity (Wildman–Crippen MR) is 65.4 cm³/mol. The van der Waals surface area contributed by atoms with E-state index in [-0.39, 0.29) is 0 Å². The van der Waals surface area contributed by atoms with Gasteiger partial charge < -0.3 is 25.8 Å². The summed E-state index contributed by atoms with van der Waals surface area (Å²) >= 11 is 0. The van der Waals surface area contributed by atoms with Crippen LogP contribution in [0.25, 0.3) is 0 Å². The van der Waals surface area contributed by atoms with Crippen molar-refractivity contribution in [1.29, 1.82) is 0 Å². The summed E-state index contributed by atoms with van der Waals surface area (Å²) in [6, 6.07) is -1.85. The van der Waals surface area contributed by atoms with E-state index in [1.54, 1.807) is 0 Å². The van der Waals surface area contributed by atoms with Crippen LogP contribution < -0.4 is 11.1 Å². The highest BCUT2D eigenvalue weighted by molar-refractivity contribution is 5.87. The van der Waals surface area contributed by atoms with Crippen LogP contribution in [0.5, 0.6) is 0 Å². The summed E-state index contributed by atoms with van der Waals surface area (Å²) in [7, 11) is 0. The lowest BCUT2D eigenvalue weighted by Gasteiger charge is -2.38. The van der Waals surface area contributed by atoms with Crippen LogP contribution >= 0.6 is 0 Å². The van der Waals surface area contributed by atoms with Crippen molar-refractivity contribution >= 4 is 17.9 Å². The van der Waals surface area contributed by atoms with Crippen molar-refractivity contribution in [3.63, 3.8) is 0 Å². The smallest absolute Gasteiger partial charge is 0.326 e. The summed E-state index contributed by atoms with van der Waals surface area (Å²) < 4.78 is 5.45. The van der Waals surface area contributed by atoms with Crippen LogP contribution in [-0.2, 0) is 14.3 Å². The number of rotatable bonds is 4. The van der Waals surface area contributed by atoms with E-state index < -0.39 is 36.0 Å². The first-order valence-electron chi connectivity index (χ1n) is 5.92. The van der Waals surface area contributed by atoms with Crippen molar-refractivity contribution in [3.05, 3.63) is 0 Å². The number of carbonyl (C=O) groups excluding carboxylic acids is 2. The van der Waals surface area contributed by atoms with Crippen LogP contribution in [0.4, 0.5) is 4.79 Å². The molecule has 3 amide bonds. The normalized spacial score (nSPS) is 19.6. The molecule has 0 unspecified atom stereocenters. The average molecular weight is 273 g/mol. The number of amides is 3. The fourth-order valence-electron chi connectivity index (χ4n) is 1.83. The van der Waals surface area contributed by atoms with Crippen molar-refractivity contribution in [3.8, 4) is 0 Å². The number of hydrogen-bond donors (Lipinski definition) is 3. The van der Waals surface area contributed by atoms with Crippen molar-refractivity contribution < 1.29 is 24.2 Å². The highest BCUT2D eigenvalue weighted by Gasteiger charge is 2.32. The molecule has 1 aliphatic heterocycles. The van der Waals surface area contributed by atoms with Gasteiger partial charge in [0.25, 0.3) is 0 Å². The molecular formula is C11H19N3O5. The Kier molecular flexibility index (Phi) is 4.71. The van der Waals surface area contributed by atoms with Crippen LogP contribution in [0.3, 0.4) is 0 Å². The van der Waals surface area contributed by atoms with Gasteiger partial charge in [0.2, 0.25) is 5.91 Å². The molecule has 1 atom stereocenters. The van der Waals surface area contributed by atoms with E-state index in [0.29, 0.717) is 19.7 Å². The Hall–Kier alpha value is -1.83. The highest BCUT2D eigenvalue weighted by atomic mass is 16.5. The summed E-state index contributed by atoms with van der Waals surface area (Å²) in [5.74, 6) is -2.07. The zero-order chi connectivity index (χ0) is 14.6. The van der Waals surface area contributed by atoms with Crippen LogP contribution in [0.2, 0.25) is 0 Å². The number of carboxylic acids is 1. The third-order valence-corrected chi connectivity index (χ3v) is 2.71. The average Bonchev–Trinajstić information content (AvgIpc) is 2.25. The van der Waals surface area contributed by atoms with Crippen LogP contribution in [0.1, 0.15) is 20.3 Å². The van der Waals surface area contributed by atoms with Crippen molar-refractivity contribution in [2.75, 3.05) is 19.7 Å². The standard InChI is InChI=1S/C11H19N3O5/c1-11(2)6-14(3-4-19-11)10(18)13-7(9(16)17)5-8(12)15/h7H,3-6H2,1-2H3,(H2,12,15)(H,13,18)(H,16,17)/t7-/m1/s1. The van der Waals surface area contributed by atoms with Gasteiger partial charge in [-0.2, -0.15) is 0 Å². The van der Waals surface area contributed by atoms with E-state index in [2.05, 4.69) is 5.32 Å². The van der Waals surface area contributed by atoms with Crippen LogP contribution in [-0.4, -0.2) is 59.3 Å². The number of nitrogens with one attached hydrogen (secondary N) is 1. The van der Waals surface area contributed by atoms with E-state index in [1.165, 1.54) is 4.90 Å². The lowest BCUT2D eigenvalue weighted by molar-refractivity contribution is -0.141. The van der Waals surface area contributed by atoms with E-state index in [9.17, 15) is 14.4 Å². The zero-order valence-electron chi connectivity index (χ0n) is 11.0. The molecule has 0 aromatic heterocycles. The van der Waals surface area contributed by atoms with Gasteiger partial charge in [0.15, 0.2) is 0 Å². The molecule has 0 aliphatic carbocycles. The van der Waals surface area contributed by atoms with Crippen molar-refractivity contribution in [2.45, 2.75) is 31.9 Å². The molecule has 0 aromatic carbocycles. The Bertz CT molecular complexity index is 383. The maximum Gasteiger partial charge on any atom is 0.326 e. The van der Waals surface area contributed by atoms with Gasteiger partial charge in [-0.25, -0.2) is 9.59 Å². The SMILES string of the molecule is CC1(C)CN(C(=O)N[C@H](CC(N)=O)C(=O)O)CCO1. The molecule has 0 bridgehead atoms. The maximum atomic E-state index is 11.9. The Labute approximate surface area is 110 Å². The largest absolute Gasteiger partial charge is 0.480 e. The molecule has 0 spiro atoms. The highest BCUT2D eigenvalue weighted by Crippen LogP contribution is 2.16. The quantitative estimate of drug-likeness (QED) is 0.615. The second-order valence-corrected chi connectivity index (χ2v) is 5.04. The molecule has 1 fully saturated rings. The fraction of sp³-hybridized carbons (Fsp3) is 0.727. The topological polar surface area (TPSA) is 122 Å². The van der Waals surface area contributed by atoms with Gasteiger partial charge in [-0.1, -0.05) is 0 Å². The molecule has 0 radical (unpaired) electrons. The number of hydrogen-bond acceptors (Lipinski definition) is 4. The monoisotopic (exact) mass is 273 g/mol. The van der Waals surface area contributed by atoms with Gasteiger partial charge in [0.1, 0.15) is 6.04 Å². The number of morpholine rings is 1. The summed E-state index contributed by atoms with van der Waals surface area (Å²) in [5.41, 5.74) is 4.47. The molecular weight excluding hydrogens is 254 g/mol. The minimum atomic E-state index is -1.31. The van der Waals surface area contributed by atoms with E-state index in [0.717, 1.165) is 0 Å².